The molecule has 2 N–H and O–H groups in total. The summed E-state index contributed by atoms with van der Waals surface area (Å²) in [7, 11) is 0. The Morgan fingerprint density at radius 2 is 1.37 bits per heavy atom. The Labute approximate surface area is 160 Å². The van der Waals surface area contributed by atoms with Crippen LogP contribution >= 0.6 is 0 Å². The molecule has 0 spiro atoms. The van der Waals surface area contributed by atoms with E-state index in [1.807, 2.05) is 48.5 Å². The maximum Gasteiger partial charge on any atom is 0.128 e. The molecular formula is C24H25NO2. The molecule has 0 heterocycles. The van der Waals surface area contributed by atoms with Crippen LogP contribution in [0.1, 0.15) is 35.6 Å². The molecule has 0 aromatic heterocycles. The average molecular weight is 359 g/mol. The van der Waals surface area contributed by atoms with Crippen LogP contribution in [0.15, 0.2) is 78.9 Å². The predicted molar refractivity (Wildman–Crippen MR) is 108 cm³/mol. The summed E-state index contributed by atoms with van der Waals surface area (Å²) in [5, 5.41) is 0. The van der Waals surface area contributed by atoms with Crippen molar-refractivity contribution in [3.63, 3.8) is 0 Å². The molecule has 1 atom stereocenters. The van der Waals surface area contributed by atoms with Crippen LogP contribution in [0.4, 0.5) is 0 Å². The lowest BCUT2D eigenvalue weighted by Crippen LogP contribution is -2.14. The van der Waals surface area contributed by atoms with E-state index >= 15 is 0 Å². The molecule has 138 valence electrons. The van der Waals surface area contributed by atoms with E-state index in [4.69, 9.17) is 15.2 Å². The van der Waals surface area contributed by atoms with Gasteiger partial charge in [0.2, 0.25) is 0 Å². The zero-order valence-corrected chi connectivity index (χ0v) is 15.4. The molecule has 0 bridgehead atoms. The van der Waals surface area contributed by atoms with Crippen molar-refractivity contribution < 1.29 is 9.47 Å². The van der Waals surface area contributed by atoms with E-state index in [0.717, 1.165) is 28.2 Å². The van der Waals surface area contributed by atoms with E-state index in [1.165, 1.54) is 12.8 Å². The van der Waals surface area contributed by atoms with E-state index in [0.29, 0.717) is 19.1 Å². The normalized spacial score (nSPS) is 14.6. The molecule has 1 fully saturated rings. The van der Waals surface area contributed by atoms with Gasteiger partial charge in [-0.1, -0.05) is 66.7 Å². The van der Waals surface area contributed by atoms with Crippen LogP contribution in [0.3, 0.4) is 0 Å². The van der Waals surface area contributed by atoms with E-state index in [-0.39, 0.29) is 6.04 Å². The lowest BCUT2D eigenvalue weighted by molar-refractivity contribution is 0.286. The Balaban J connectivity index is 1.51. The number of hydrogen-bond acceptors (Lipinski definition) is 3. The second kappa shape index (κ2) is 8.28. The van der Waals surface area contributed by atoms with Crippen molar-refractivity contribution in [3.8, 4) is 11.5 Å². The first-order valence-electron chi connectivity index (χ1n) is 9.52. The van der Waals surface area contributed by atoms with Crippen molar-refractivity contribution in [2.75, 3.05) is 0 Å². The lowest BCUT2D eigenvalue weighted by Gasteiger charge is -2.18. The number of benzene rings is 3. The summed E-state index contributed by atoms with van der Waals surface area (Å²) in [6, 6.07) is 26.4. The fourth-order valence-electron chi connectivity index (χ4n) is 3.19. The summed E-state index contributed by atoms with van der Waals surface area (Å²) in [6.07, 6.45) is 2.40. The van der Waals surface area contributed by atoms with Crippen molar-refractivity contribution in [2.45, 2.75) is 32.1 Å². The zero-order chi connectivity index (χ0) is 18.5. The molecule has 0 aliphatic heterocycles. The van der Waals surface area contributed by atoms with Gasteiger partial charge in [-0.25, -0.2) is 0 Å². The van der Waals surface area contributed by atoms with Crippen molar-refractivity contribution >= 4 is 0 Å². The van der Waals surface area contributed by atoms with Gasteiger partial charge in [0, 0.05) is 17.7 Å². The maximum atomic E-state index is 6.46. The topological polar surface area (TPSA) is 44.5 Å². The molecule has 1 aliphatic rings. The van der Waals surface area contributed by atoms with Gasteiger partial charge in [-0.15, -0.1) is 0 Å². The molecule has 0 saturated heterocycles. The average Bonchev–Trinajstić information content (AvgIpc) is 3.57. The van der Waals surface area contributed by atoms with Gasteiger partial charge in [0.15, 0.2) is 0 Å². The molecular weight excluding hydrogens is 334 g/mol. The molecule has 3 aromatic rings. The predicted octanol–water partition coefficient (Wildman–Crippen LogP) is 5.25. The van der Waals surface area contributed by atoms with Gasteiger partial charge in [0.25, 0.3) is 0 Å². The molecule has 1 saturated carbocycles. The highest BCUT2D eigenvalue weighted by atomic mass is 16.5. The maximum absolute atomic E-state index is 6.46. The summed E-state index contributed by atoms with van der Waals surface area (Å²) >= 11 is 0. The second-order valence-electron chi connectivity index (χ2n) is 7.11. The molecule has 3 aromatic carbocycles. The van der Waals surface area contributed by atoms with E-state index < -0.39 is 0 Å². The van der Waals surface area contributed by atoms with Gasteiger partial charge in [-0.05, 0) is 36.0 Å². The third-order valence-corrected chi connectivity index (χ3v) is 4.96. The Morgan fingerprint density at radius 3 is 1.96 bits per heavy atom. The Kier molecular flexibility index (Phi) is 5.40. The number of ether oxygens (including phenoxy) is 2. The Morgan fingerprint density at radius 1 is 0.778 bits per heavy atom. The van der Waals surface area contributed by atoms with Crippen LogP contribution in [0.5, 0.6) is 11.5 Å². The van der Waals surface area contributed by atoms with Crippen LogP contribution < -0.4 is 15.2 Å². The molecule has 0 radical (unpaired) electrons. The van der Waals surface area contributed by atoms with E-state index in [1.54, 1.807) is 0 Å². The SMILES string of the molecule is NC(c1ccc(OCc2ccccc2)cc1OCc1ccccc1)C1CC1. The first-order valence-corrected chi connectivity index (χ1v) is 9.52. The first-order chi connectivity index (χ1) is 13.3. The van der Waals surface area contributed by atoms with Gasteiger partial charge in [0.05, 0.1) is 0 Å². The van der Waals surface area contributed by atoms with Crippen molar-refractivity contribution in [1.82, 2.24) is 0 Å². The van der Waals surface area contributed by atoms with E-state index in [9.17, 15) is 0 Å². The van der Waals surface area contributed by atoms with Crippen molar-refractivity contribution in [1.29, 1.82) is 0 Å². The fraction of sp³-hybridized carbons (Fsp3) is 0.250. The minimum Gasteiger partial charge on any atom is -0.489 e. The summed E-state index contributed by atoms with van der Waals surface area (Å²) in [6.45, 7) is 1.06. The van der Waals surface area contributed by atoms with Gasteiger partial charge in [-0.3, -0.25) is 0 Å². The molecule has 4 rings (SSSR count). The molecule has 3 heteroatoms. The monoisotopic (exact) mass is 359 g/mol. The first kappa shape index (κ1) is 17.6. The van der Waals surface area contributed by atoms with Gasteiger partial charge in [0.1, 0.15) is 24.7 Å². The summed E-state index contributed by atoms with van der Waals surface area (Å²) < 4.78 is 12.1. The minimum absolute atomic E-state index is 0.0268. The lowest BCUT2D eigenvalue weighted by atomic mass is 10.0. The van der Waals surface area contributed by atoms with Crippen molar-refractivity contribution in [2.24, 2.45) is 11.7 Å². The second-order valence-corrected chi connectivity index (χ2v) is 7.11. The quantitative estimate of drug-likeness (QED) is 0.597. The van der Waals surface area contributed by atoms with Gasteiger partial charge >= 0.3 is 0 Å². The van der Waals surface area contributed by atoms with Crippen LogP contribution in [0.2, 0.25) is 0 Å². The zero-order valence-electron chi connectivity index (χ0n) is 15.4. The smallest absolute Gasteiger partial charge is 0.128 e. The highest BCUT2D eigenvalue weighted by Crippen LogP contribution is 2.43. The molecule has 3 nitrogen and oxygen atoms in total. The fourth-order valence-corrected chi connectivity index (χ4v) is 3.19. The molecule has 0 amide bonds. The van der Waals surface area contributed by atoms with Gasteiger partial charge < -0.3 is 15.2 Å². The summed E-state index contributed by atoms with van der Waals surface area (Å²) in [5.74, 6) is 2.19. The number of nitrogens with two attached hydrogens (primary N) is 1. The van der Waals surface area contributed by atoms with Crippen LogP contribution in [0, 0.1) is 5.92 Å². The van der Waals surface area contributed by atoms with Crippen LogP contribution in [0.25, 0.3) is 0 Å². The third kappa shape index (κ3) is 4.69. The van der Waals surface area contributed by atoms with E-state index in [2.05, 4.69) is 30.3 Å². The highest BCUT2D eigenvalue weighted by Gasteiger charge is 2.31. The van der Waals surface area contributed by atoms with Crippen molar-refractivity contribution in [3.05, 3.63) is 95.6 Å². The highest BCUT2D eigenvalue weighted by molar-refractivity contribution is 5.43. The standard InChI is InChI=1S/C24H25NO2/c25-24(20-11-12-20)22-14-13-21(26-16-18-7-3-1-4-8-18)15-23(22)27-17-19-9-5-2-6-10-19/h1-10,13-15,20,24H,11-12,16-17,25H2. The molecule has 27 heavy (non-hydrogen) atoms. The summed E-state index contributed by atoms with van der Waals surface area (Å²) in [5.41, 5.74) is 9.81. The Hall–Kier alpha value is -2.78. The van der Waals surface area contributed by atoms with Crippen LogP contribution in [-0.4, -0.2) is 0 Å². The summed E-state index contributed by atoms with van der Waals surface area (Å²) in [4.78, 5) is 0. The number of hydrogen-bond donors (Lipinski definition) is 1. The molecule has 1 aliphatic carbocycles. The van der Waals surface area contributed by atoms with Crippen LogP contribution in [-0.2, 0) is 13.2 Å². The Bertz CT molecular complexity index is 860. The largest absolute Gasteiger partial charge is 0.489 e. The molecule has 1 unspecified atom stereocenters. The minimum atomic E-state index is 0.0268. The van der Waals surface area contributed by atoms with Gasteiger partial charge in [-0.2, -0.15) is 0 Å². The third-order valence-electron chi connectivity index (χ3n) is 4.96. The number of rotatable bonds is 8.